The summed E-state index contributed by atoms with van der Waals surface area (Å²) in [5.74, 6) is -0.512. The third kappa shape index (κ3) is 15.9. The van der Waals surface area contributed by atoms with Crippen molar-refractivity contribution < 1.29 is 38.2 Å². The summed E-state index contributed by atoms with van der Waals surface area (Å²) in [5.41, 5.74) is 5.34. The summed E-state index contributed by atoms with van der Waals surface area (Å²) >= 11 is 0. The fraction of sp³-hybridized carbons (Fsp3) is 0.354. The number of nitrogens with zero attached hydrogens (tertiary/aromatic N) is 2. The van der Waals surface area contributed by atoms with Crippen molar-refractivity contribution in [3.8, 4) is 11.5 Å². The Kier molecular flexibility index (Phi) is 21.2. The number of amides is 6. The molecule has 0 unspecified atom stereocenters. The molecule has 6 amide bonds. The number of rotatable bonds is 26. The van der Waals surface area contributed by atoms with Crippen LogP contribution in [0.2, 0.25) is 0 Å². The van der Waals surface area contributed by atoms with Crippen molar-refractivity contribution >= 4 is 35.4 Å². The molecule has 0 bridgehead atoms. The van der Waals surface area contributed by atoms with Crippen LogP contribution < -0.4 is 41.4 Å². The van der Waals surface area contributed by atoms with Gasteiger partial charge in [-0.25, -0.2) is 0 Å². The zero-order chi connectivity index (χ0) is 57.1. The van der Waals surface area contributed by atoms with E-state index in [-0.39, 0.29) is 48.3 Å². The van der Waals surface area contributed by atoms with Crippen LogP contribution in [0.25, 0.3) is 0 Å². The Morgan fingerprint density at radius 2 is 0.778 bits per heavy atom. The fourth-order valence-electron chi connectivity index (χ4n) is 10.4. The summed E-state index contributed by atoms with van der Waals surface area (Å²) in [7, 11) is 3.37. The molecule has 0 aromatic heterocycles. The Hall–Kier alpha value is -8.34. The molecule has 6 atom stereocenters. The van der Waals surface area contributed by atoms with E-state index in [0.717, 1.165) is 33.4 Å². The summed E-state index contributed by atoms with van der Waals surface area (Å²) in [6, 6.07) is 48.7. The van der Waals surface area contributed by atoms with Gasteiger partial charge in [-0.3, -0.25) is 28.8 Å². The van der Waals surface area contributed by atoms with Crippen molar-refractivity contribution in [1.82, 2.24) is 41.7 Å². The average molecular weight is 1100 g/mol. The molecular formula is C65H76N8O8. The molecule has 2 saturated heterocycles. The first-order valence-electron chi connectivity index (χ1n) is 28.2. The quantitative estimate of drug-likeness (QED) is 0.0322. The second kappa shape index (κ2) is 29.2. The number of hydrogen-bond donors (Lipinski definition) is 6. The van der Waals surface area contributed by atoms with E-state index in [2.05, 4.69) is 31.9 Å². The fourth-order valence-corrected chi connectivity index (χ4v) is 10.4. The summed E-state index contributed by atoms with van der Waals surface area (Å²) in [6.45, 7) is 4.98. The molecule has 0 aliphatic carbocycles. The van der Waals surface area contributed by atoms with Crippen LogP contribution in [0, 0.1) is 0 Å². The summed E-state index contributed by atoms with van der Waals surface area (Å²) < 4.78 is 12.1. The van der Waals surface area contributed by atoms with E-state index in [1.54, 1.807) is 37.7 Å². The maximum atomic E-state index is 14.5. The minimum Gasteiger partial charge on any atom is -0.493 e. The number of likely N-dealkylation sites (N-methyl/N-ethyl adjacent to an activating group) is 2. The topological polar surface area (TPSA) is 200 Å². The molecule has 2 fully saturated rings. The molecule has 6 N–H and O–H groups in total. The first kappa shape index (κ1) is 58.8. The zero-order valence-electron chi connectivity index (χ0n) is 46.7. The molecule has 16 nitrogen and oxygen atoms in total. The van der Waals surface area contributed by atoms with Crippen LogP contribution in [0.4, 0.5) is 0 Å². The van der Waals surface area contributed by atoms with Crippen LogP contribution >= 0.6 is 0 Å². The van der Waals surface area contributed by atoms with Crippen LogP contribution in [-0.2, 0) is 41.6 Å². The molecule has 0 saturated carbocycles. The number of carbonyl (C=O) groups is 6. The largest absolute Gasteiger partial charge is 0.493 e. The number of likely N-dealkylation sites (tertiary alicyclic amines) is 2. The monoisotopic (exact) mass is 1100 g/mol. The Morgan fingerprint density at radius 1 is 0.457 bits per heavy atom. The van der Waals surface area contributed by atoms with Gasteiger partial charge < -0.3 is 51.2 Å². The van der Waals surface area contributed by atoms with Gasteiger partial charge in [0, 0.05) is 32.4 Å². The van der Waals surface area contributed by atoms with Crippen molar-refractivity contribution in [2.45, 2.75) is 107 Å². The summed E-state index contributed by atoms with van der Waals surface area (Å²) in [5, 5.41) is 18.3. The second-order valence-electron chi connectivity index (χ2n) is 20.8. The molecule has 0 radical (unpaired) electrons. The predicted molar refractivity (Wildman–Crippen MR) is 312 cm³/mol. The highest BCUT2D eigenvalue weighted by atomic mass is 16.5. The van der Waals surface area contributed by atoms with Gasteiger partial charge in [0.1, 0.15) is 35.7 Å². The SMILES string of the molecule is CN[C@@H](C)C(=O)N[C@@H](Cc1ccc(OCCCOc2ccc(C[C@H](NC(=O)[C@H](C)NC)C(=O)N3CCC[C@H]3C(=O)NC(c3ccccc3)c3ccccc3)cc2)cc1)C(=O)N1CCC[C@H]1C(=O)NC(c1ccccc1)c1ccccc1. The number of ether oxygens (including phenoxy) is 2. The van der Waals surface area contributed by atoms with E-state index in [1.165, 1.54) is 0 Å². The molecule has 0 spiro atoms. The molecule has 81 heavy (non-hydrogen) atoms. The summed E-state index contributed by atoms with van der Waals surface area (Å²) in [6.07, 6.45) is 3.31. The maximum Gasteiger partial charge on any atom is 0.246 e. The van der Waals surface area contributed by atoms with E-state index in [9.17, 15) is 28.8 Å². The predicted octanol–water partition coefficient (Wildman–Crippen LogP) is 6.60. The highest BCUT2D eigenvalue weighted by molar-refractivity contribution is 5.95. The lowest BCUT2D eigenvalue weighted by atomic mass is 9.98. The molecule has 6 aromatic rings. The van der Waals surface area contributed by atoms with Gasteiger partial charge in [0.25, 0.3) is 0 Å². The third-order valence-corrected chi connectivity index (χ3v) is 15.2. The lowest BCUT2D eigenvalue weighted by Gasteiger charge is -2.31. The van der Waals surface area contributed by atoms with Gasteiger partial charge in [0.2, 0.25) is 35.4 Å². The first-order chi connectivity index (χ1) is 39.4. The Balaban J connectivity index is 0.835. The number of hydrogen-bond acceptors (Lipinski definition) is 10. The molecule has 2 aliphatic rings. The molecule has 2 aliphatic heterocycles. The van der Waals surface area contributed by atoms with Crippen LogP contribution in [0.3, 0.4) is 0 Å². The second-order valence-corrected chi connectivity index (χ2v) is 20.8. The lowest BCUT2D eigenvalue weighted by molar-refractivity contribution is -0.141. The van der Waals surface area contributed by atoms with Crippen LogP contribution in [0.5, 0.6) is 11.5 Å². The van der Waals surface area contributed by atoms with Crippen molar-refractivity contribution in [1.29, 1.82) is 0 Å². The normalized spacial score (nSPS) is 16.5. The van der Waals surface area contributed by atoms with Crippen molar-refractivity contribution in [3.05, 3.63) is 203 Å². The lowest BCUT2D eigenvalue weighted by Crippen LogP contribution is -2.56. The van der Waals surface area contributed by atoms with Crippen LogP contribution in [0.15, 0.2) is 170 Å². The minimum atomic E-state index is -0.919. The highest BCUT2D eigenvalue weighted by Crippen LogP contribution is 2.28. The van der Waals surface area contributed by atoms with E-state index in [4.69, 9.17) is 9.47 Å². The van der Waals surface area contributed by atoms with Gasteiger partial charge in [-0.15, -0.1) is 0 Å². The van der Waals surface area contributed by atoms with Crippen LogP contribution in [0.1, 0.15) is 91.4 Å². The smallest absolute Gasteiger partial charge is 0.246 e. The Morgan fingerprint density at radius 3 is 1.09 bits per heavy atom. The van der Waals surface area contributed by atoms with Gasteiger partial charge in [0.05, 0.1) is 37.4 Å². The Labute approximate surface area is 475 Å². The number of carbonyl (C=O) groups excluding carboxylic acids is 6. The molecule has 424 valence electrons. The van der Waals surface area contributed by atoms with Gasteiger partial charge in [0.15, 0.2) is 0 Å². The standard InChI is InChI=1S/C65H76N8O8/c1-44(66-3)60(74)68-54(64(78)72-38-17-28-56(72)62(76)70-58(48-20-9-5-10-21-48)49-22-11-6-12-23-49)42-46-30-34-52(35-31-46)80-40-19-41-81-53-36-32-47(33-37-53)43-55(69-61(75)45(2)67-4)65(79)73-39-18-29-57(73)63(77)71-59(50-24-13-7-14-25-50)51-26-15-8-16-27-51/h5-16,20-27,30-37,44-45,54-59,66-67H,17-19,28-29,38-43H2,1-4H3,(H,68,74)(H,69,75)(H,70,76)(H,71,77)/t44-,45-,54-,55-,56-,57-/m0/s1. The van der Waals surface area contributed by atoms with E-state index < -0.39 is 48.3 Å². The first-order valence-corrected chi connectivity index (χ1v) is 28.2. The van der Waals surface area contributed by atoms with Crippen molar-refractivity contribution in [2.75, 3.05) is 40.4 Å². The maximum absolute atomic E-state index is 14.5. The number of benzene rings is 6. The zero-order valence-corrected chi connectivity index (χ0v) is 46.7. The molecule has 2 heterocycles. The van der Waals surface area contributed by atoms with E-state index in [0.29, 0.717) is 69.9 Å². The third-order valence-electron chi connectivity index (χ3n) is 15.2. The molecule has 8 rings (SSSR count). The Bertz CT molecular complexity index is 2710. The van der Waals surface area contributed by atoms with Gasteiger partial charge in [-0.2, -0.15) is 0 Å². The average Bonchev–Trinajstić information content (AvgIpc) is 4.23. The van der Waals surface area contributed by atoms with E-state index >= 15 is 0 Å². The molecule has 16 heteroatoms. The minimum absolute atomic E-state index is 0.208. The highest BCUT2D eigenvalue weighted by Gasteiger charge is 2.41. The molecule has 6 aromatic carbocycles. The van der Waals surface area contributed by atoms with Crippen LogP contribution in [-0.4, -0.2) is 122 Å². The van der Waals surface area contributed by atoms with Crippen molar-refractivity contribution in [3.63, 3.8) is 0 Å². The van der Waals surface area contributed by atoms with E-state index in [1.807, 2.05) is 170 Å². The van der Waals surface area contributed by atoms with Crippen molar-refractivity contribution in [2.24, 2.45) is 0 Å². The van der Waals surface area contributed by atoms with Gasteiger partial charge in [-0.05, 0) is 111 Å². The van der Waals surface area contributed by atoms with Gasteiger partial charge >= 0.3 is 0 Å². The molecular weight excluding hydrogens is 1020 g/mol. The number of nitrogens with one attached hydrogen (secondary N) is 6. The summed E-state index contributed by atoms with van der Waals surface area (Å²) in [4.78, 5) is 86.9. The van der Waals surface area contributed by atoms with Gasteiger partial charge in [-0.1, -0.05) is 146 Å².